The van der Waals surface area contributed by atoms with E-state index < -0.39 is 9.84 Å². The number of rotatable bonds is 5. The molecule has 3 aromatic carbocycles. The maximum absolute atomic E-state index is 11.5. The van der Waals surface area contributed by atoms with Gasteiger partial charge in [-0.2, -0.15) is 5.10 Å². The van der Waals surface area contributed by atoms with Crippen LogP contribution in [0.15, 0.2) is 73.2 Å². The van der Waals surface area contributed by atoms with E-state index in [-0.39, 0.29) is 5.75 Å². The fraction of sp³-hybridized carbons (Fsp3) is 0.0870. The van der Waals surface area contributed by atoms with Gasteiger partial charge in [-0.15, -0.1) is 0 Å². The van der Waals surface area contributed by atoms with Crippen molar-refractivity contribution < 1.29 is 8.42 Å². The Hall–Kier alpha value is -3.78. The summed E-state index contributed by atoms with van der Waals surface area (Å²) in [4.78, 5) is 8.85. The van der Waals surface area contributed by atoms with Gasteiger partial charge >= 0.3 is 0 Å². The van der Waals surface area contributed by atoms with E-state index in [9.17, 15) is 8.42 Å². The molecule has 0 fully saturated rings. The zero-order chi connectivity index (χ0) is 21.4. The molecule has 8 heteroatoms. The lowest BCUT2D eigenvalue weighted by Gasteiger charge is -2.11. The second kappa shape index (κ2) is 7.48. The Morgan fingerprint density at radius 3 is 2.55 bits per heavy atom. The number of hydrogen-bond acceptors (Lipinski definition) is 6. The number of anilines is 2. The van der Waals surface area contributed by atoms with Gasteiger partial charge in [0.2, 0.25) is 0 Å². The molecule has 0 radical (unpaired) electrons. The first-order valence-corrected chi connectivity index (χ1v) is 11.7. The smallest absolute Gasteiger partial charge is 0.151 e. The summed E-state index contributed by atoms with van der Waals surface area (Å²) < 4.78 is 23.1. The minimum atomic E-state index is -3.06. The molecular weight excluding hydrogens is 410 g/mol. The van der Waals surface area contributed by atoms with Crippen molar-refractivity contribution in [1.29, 1.82) is 0 Å². The molecule has 2 aromatic heterocycles. The molecule has 5 rings (SSSR count). The molecule has 154 valence electrons. The van der Waals surface area contributed by atoms with E-state index in [0.29, 0.717) is 5.82 Å². The number of hydrogen-bond donors (Lipinski definition) is 2. The predicted octanol–water partition coefficient (Wildman–Crippen LogP) is 4.46. The SMILES string of the molecule is CS(=O)(=O)Cc1ccc(-c2ccc3ncnc(Nc4cccc5[nH]ncc45)c3c2)cc1. The minimum Gasteiger partial charge on any atom is -0.339 e. The average Bonchev–Trinajstić information content (AvgIpc) is 3.23. The number of benzene rings is 3. The van der Waals surface area contributed by atoms with Gasteiger partial charge in [-0.25, -0.2) is 18.4 Å². The minimum absolute atomic E-state index is 0.0342. The third-order valence-corrected chi connectivity index (χ3v) is 5.95. The third-order valence-electron chi connectivity index (χ3n) is 5.09. The molecule has 31 heavy (non-hydrogen) atoms. The summed E-state index contributed by atoms with van der Waals surface area (Å²) in [5, 5.41) is 12.4. The predicted molar refractivity (Wildman–Crippen MR) is 123 cm³/mol. The highest BCUT2D eigenvalue weighted by Crippen LogP contribution is 2.30. The van der Waals surface area contributed by atoms with Crippen molar-refractivity contribution >= 4 is 43.1 Å². The molecule has 0 spiro atoms. The van der Waals surface area contributed by atoms with Crippen LogP contribution in [0.5, 0.6) is 0 Å². The van der Waals surface area contributed by atoms with Gasteiger partial charge in [-0.3, -0.25) is 5.10 Å². The highest BCUT2D eigenvalue weighted by Gasteiger charge is 2.10. The molecule has 2 N–H and O–H groups in total. The van der Waals surface area contributed by atoms with Crippen LogP contribution in [0.2, 0.25) is 0 Å². The number of H-pyrrole nitrogens is 1. The van der Waals surface area contributed by atoms with Gasteiger partial charge in [0.1, 0.15) is 12.1 Å². The molecule has 0 aliphatic heterocycles. The standard InChI is InChI=1S/C23H19N5O2S/c1-31(29,30)13-15-5-7-16(8-6-15)17-9-10-20-18(11-17)23(25-14-24-20)27-21-3-2-4-22-19(21)12-26-28-22/h2-12,14H,13H2,1H3,(H,26,28)(H,24,25,27). The van der Waals surface area contributed by atoms with Gasteiger partial charge in [0.15, 0.2) is 9.84 Å². The molecule has 0 saturated heterocycles. The number of sulfone groups is 1. The Morgan fingerprint density at radius 2 is 1.74 bits per heavy atom. The van der Waals surface area contributed by atoms with Gasteiger partial charge in [-0.1, -0.05) is 36.4 Å². The summed E-state index contributed by atoms with van der Waals surface area (Å²) in [5.74, 6) is 0.737. The number of aromatic amines is 1. The normalized spacial score (nSPS) is 11.8. The fourth-order valence-corrected chi connectivity index (χ4v) is 4.43. The van der Waals surface area contributed by atoms with E-state index in [2.05, 4.69) is 25.5 Å². The van der Waals surface area contributed by atoms with E-state index in [1.807, 2.05) is 60.7 Å². The van der Waals surface area contributed by atoms with Crippen molar-refractivity contribution in [2.24, 2.45) is 0 Å². The molecular formula is C23H19N5O2S. The first kappa shape index (κ1) is 19.2. The highest BCUT2D eigenvalue weighted by atomic mass is 32.2. The molecule has 0 aliphatic carbocycles. The third kappa shape index (κ3) is 3.97. The Bertz CT molecular complexity index is 1510. The summed E-state index contributed by atoms with van der Waals surface area (Å²) in [6.07, 6.45) is 4.56. The van der Waals surface area contributed by atoms with Crippen molar-refractivity contribution in [3.8, 4) is 11.1 Å². The Balaban J connectivity index is 1.53. The topological polar surface area (TPSA) is 101 Å². The lowest BCUT2D eigenvalue weighted by molar-refractivity contribution is 0.601. The lowest BCUT2D eigenvalue weighted by atomic mass is 10.0. The molecule has 7 nitrogen and oxygen atoms in total. The number of aromatic nitrogens is 4. The van der Waals surface area contributed by atoms with Crippen LogP contribution in [0.4, 0.5) is 11.5 Å². The van der Waals surface area contributed by atoms with Crippen LogP contribution in [0.1, 0.15) is 5.56 Å². The second-order valence-electron chi connectivity index (χ2n) is 7.48. The van der Waals surface area contributed by atoms with Crippen molar-refractivity contribution in [3.63, 3.8) is 0 Å². The largest absolute Gasteiger partial charge is 0.339 e. The highest BCUT2D eigenvalue weighted by molar-refractivity contribution is 7.89. The van der Waals surface area contributed by atoms with Gasteiger partial charge in [0, 0.05) is 17.0 Å². The molecule has 2 heterocycles. The van der Waals surface area contributed by atoms with E-state index >= 15 is 0 Å². The summed E-state index contributed by atoms with van der Waals surface area (Å²) in [6.45, 7) is 0. The molecule has 0 aliphatic rings. The van der Waals surface area contributed by atoms with Crippen molar-refractivity contribution in [2.45, 2.75) is 5.75 Å². The van der Waals surface area contributed by atoms with E-state index in [1.54, 1.807) is 12.5 Å². The van der Waals surface area contributed by atoms with Crippen molar-refractivity contribution in [2.75, 3.05) is 11.6 Å². The average molecular weight is 430 g/mol. The van der Waals surface area contributed by atoms with Crippen LogP contribution in [0.25, 0.3) is 32.9 Å². The number of nitrogens with one attached hydrogen (secondary N) is 2. The molecule has 0 amide bonds. The van der Waals surface area contributed by atoms with E-state index in [1.165, 1.54) is 6.26 Å². The van der Waals surface area contributed by atoms with E-state index in [0.717, 1.165) is 44.2 Å². The van der Waals surface area contributed by atoms with Crippen molar-refractivity contribution in [1.82, 2.24) is 20.2 Å². The molecule has 0 unspecified atom stereocenters. The molecule has 0 bridgehead atoms. The first-order chi connectivity index (χ1) is 15.0. The Labute approximate surface area is 179 Å². The van der Waals surface area contributed by atoms with Crippen LogP contribution in [-0.4, -0.2) is 34.8 Å². The maximum Gasteiger partial charge on any atom is 0.151 e. The van der Waals surface area contributed by atoms with Gasteiger partial charge in [0.05, 0.1) is 28.7 Å². The van der Waals surface area contributed by atoms with Crippen LogP contribution >= 0.6 is 0 Å². The molecule has 5 aromatic rings. The summed E-state index contributed by atoms with van der Waals surface area (Å²) in [5.41, 5.74) is 5.43. The van der Waals surface area contributed by atoms with Crippen LogP contribution in [0.3, 0.4) is 0 Å². The monoisotopic (exact) mass is 429 g/mol. The van der Waals surface area contributed by atoms with E-state index in [4.69, 9.17) is 0 Å². The fourth-order valence-electron chi connectivity index (χ4n) is 3.64. The zero-order valence-electron chi connectivity index (χ0n) is 16.7. The number of fused-ring (bicyclic) bond motifs is 2. The van der Waals surface area contributed by atoms with Gasteiger partial charge in [0.25, 0.3) is 0 Å². The summed E-state index contributed by atoms with van der Waals surface area (Å²) >= 11 is 0. The van der Waals surface area contributed by atoms with Gasteiger partial charge in [-0.05, 0) is 41.0 Å². The van der Waals surface area contributed by atoms with Crippen LogP contribution < -0.4 is 5.32 Å². The molecule has 0 atom stereocenters. The van der Waals surface area contributed by atoms with Gasteiger partial charge < -0.3 is 5.32 Å². The quantitative estimate of drug-likeness (QED) is 0.428. The second-order valence-corrected chi connectivity index (χ2v) is 9.62. The summed E-state index contributed by atoms with van der Waals surface area (Å²) in [6, 6.07) is 19.5. The zero-order valence-corrected chi connectivity index (χ0v) is 17.5. The van der Waals surface area contributed by atoms with Crippen LogP contribution in [0, 0.1) is 0 Å². The Morgan fingerprint density at radius 1 is 0.935 bits per heavy atom. The lowest BCUT2D eigenvalue weighted by Crippen LogP contribution is -2.00. The van der Waals surface area contributed by atoms with Crippen LogP contribution in [-0.2, 0) is 15.6 Å². The number of nitrogens with zero attached hydrogens (tertiary/aromatic N) is 3. The Kier molecular flexibility index (Phi) is 4.63. The summed E-state index contributed by atoms with van der Waals surface area (Å²) in [7, 11) is -3.06. The maximum atomic E-state index is 11.5. The van der Waals surface area contributed by atoms with Crippen molar-refractivity contribution in [3.05, 3.63) is 78.8 Å². The molecule has 0 saturated carbocycles. The first-order valence-electron chi connectivity index (χ1n) is 9.67.